The Balaban J connectivity index is 1.77. The number of pyridine rings is 1. The van der Waals surface area contributed by atoms with Crippen LogP contribution in [0.3, 0.4) is 0 Å². The van der Waals surface area contributed by atoms with Crippen LogP contribution in [0.25, 0.3) is 0 Å². The number of halogens is 4. The Morgan fingerprint density at radius 3 is 2.89 bits per heavy atom. The molecule has 1 fully saturated rings. The smallest absolute Gasteiger partial charge is 0.286 e. The van der Waals surface area contributed by atoms with E-state index in [2.05, 4.69) is 11.8 Å². The molecule has 3 rings (SSSR count). The fourth-order valence-corrected chi connectivity index (χ4v) is 3.86. The molecular formula is C19H15ClF3NO3S. The number of ketones is 1. The van der Waals surface area contributed by atoms with Gasteiger partial charge in [-0.05, 0) is 24.1 Å². The van der Waals surface area contributed by atoms with E-state index in [0.29, 0.717) is 32.6 Å². The van der Waals surface area contributed by atoms with Crippen molar-refractivity contribution in [2.75, 3.05) is 13.2 Å². The van der Waals surface area contributed by atoms with Gasteiger partial charge in [-0.25, -0.2) is 13.2 Å². The van der Waals surface area contributed by atoms with Crippen LogP contribution in [0, 0.1) is 23.6 Å². The average molecular weight is 430 g/mol. The van der Waals surface area contributed by atoms with Gasteiger partial charge in [0.25, 0.3) is 12.0 Å². The van der Waals surface area contributed by atoms with Crippen molar-refractivity contribution >= 4 is 28.7 Å². The highest BCUT2D eigenvalue weighted by Gasteiger charge is 2.17. The van der Waals surface area contributed by atoms with Gasteiger partial charge in [0.15, 0.2) is 11.6 Å². The lowest BCUT2D eigenvalue weighted by Crippen LogP contribution is -2.26. The summed E-state index contributed by atoms with van der Waals surface area (Å²) in [5.74, 6) is 4.59. The van der Waals surface area contributed by atoms with E-state index in [-0.39, 0.29) is 23.7 Å². The Morgan fingerprint density at radius 2 is 2.21 bits per heavy atom. The summed E-state index contributed by atoms with van der Waals surface area (Å²) < 4.78 is 45.0. The Hall–Kier alpha value is -2.08. The lowest BCUT2D eigenvalue weighted by Gasteiger charge is -2.08. The topological polar surface area (TPSA) is 48.3 Å². The van der Waals surface area contributed by atoms with Crippen LogP contribution in [-0.2, 0) is 17.7 Å². The Labute approximate surface area is 167 Å². The third kappa shape index (κ3) is 5.04. The first-order valence-corrected chi connectivity index (χ1v) is 9.61. The number of hydrogen-bond acceptors (Lipinski definition) is 4. The number of nitrogens with zero attached hydrogens (tertiary/aromatic N) is 1. The normalized spacial score (nSPS) is 16.2. The molecule has 148 valence electrons. The van der Waals surface area contributed by atoms with Crippen molar-refractivity contribution in [3.8, 4) is 11.8 Å². The van der Waals surface area contributed by atoms with Gasteiger partial charge in [-0.15, -0.1) is 11.3 Å². The molecule has 1 saturated heterocycles. The predicted octanol–water partition coefficient (Wildman–Crippen LogP) is 3.78. The van der Waals surface area contributed by atoms with E-state index < -0.39 is 24.3 Å². The molecule has 2 aromatic heterocycles. The van der Waals surface area contributed by atoms with Crippen LogP contribution >= 0.6 is 22.9 Å². The highest BCUT2D eigenvalue weighted by atomic mass is 35.5. The number of aromatic nitrogens is 1. The fraction of sp³-hybridized carbons (Fsp3) is 0.368. The minimum atomic E-state index is -2.81. The lowest BCUT2D eigenvalue weighted by atomic mass is 10.1. The number of alkyl halides is 2. The zero-order valence-corrected chi connectivity index (χ0v) is 16.1. The highest BCUT2D eigenvalue weighted by Crippen LogP contribution is 2.28. The third-order valence-corrected chi connectivity index (χ3v) is 5.50. The van der Waals surface area contributed by atoms with E-state index in [1.807, 2.05) is 0 Å². The molecule has 4 nitrogen and oxygen atoms in total. The first-order valence-electron chi connectivity index (χ1n) is 8.42. The molecule has 0 unspecified atom stereocenters. The first kappa shape index (κ1) is 20.6. The van der Waals surface area contributed by atoms with Gasteiger partial charge in [-0.3, -0.25) is 9.59 Å². The van der Waals surface area contributed by atoms with Gasteiger partial charge in [-0.1, -0.05) is 23.4 Å². The first-order chi connectivity index (χ1) is 13.3. The van der Waals surface area contributed by atoms with Crippen LogP contribution in [-0.4, -0.2) is 30.0 Å². The summed E-state index contributed by atoms with van der Waals surface area (Å²) >= 11 is 7.20. The molecule has 1 aliphatic rings. The number of carbonyl (C=O) groups excluding carboxylic acids is 1. The molecule has 0 amide bonds. The van der Waals surface area contributed by atoms with Crippen molar-refractivity contribution in [1.82, 2.24) is 4.57 Å². The quantitative estimate of drug-likeness (QED) is 0.537. The standard InChI is InChI=1S/C19H15ClF3NO3S/c20-18-13(2-1-11-3-4-27-10-11)7-16(28-18)15(25)6-12-5-14(21)19(26)24(8-12)9-17(22)23/h5,7-8,11,17H,3-4,6,9-10H2/t11-/m0/s1. The zero-order chi connectivity index (χ0) is 20.3. The van der Waals surface area contributed by atoms with Crippen LogP contribution in [0.4, 0.5) is 13.2 Å². The van der Waals surface area contributed by atoms with E-state index in [1.165, 1.54) is 0 Å². The summed E-state index contributed by atoms with van der Waals surface area (Å²) in [6.07, 6.45) is -1.14. The minimum absolute atomic E-state index is 0.128. The van der Waals surface area contributed by atoms with Crippen molar-refractivity contribution in [3.05, 3.63) is 54.8 Å². The molecule has 0 radical (unpaired) electrons. The second kappa shape index (κ2) is 8.95. The summed E-state index contributed by atoms with van der Waals surface area (Å²) in [4.78, 5) is 24.4. The maximum Gasteiger partial charge on any atom is 0.286 e. The maximum atomic E-state index is 13.7. The SMILES string of the molecule is O=C(Cc1cc(F)c(=O)n(CC(F)F)c1)c1cc(C#C[C@H]2CCOC2)c(Cl)s1. The molecule has 0 saturated carbocycles. The van der Waals surface area contributed by atoms with Gasteiger partial charge in [0, 0.05) is 25.1 Å². The summed E-state index contributed by atoms with van der Waals surface area (Å²) in [5, 5.41) is 0. The van der Waals surface area contributed by atoms with Crippen molar-refractivity contribution < 1.29 is 22.7 Å². The number of rotatable bonds is 5. The van der Waals surface area contributed by atoms with E-state index in [9.17, 15) is 22.8 Å². The Bertz CT molecular complexity index is 1000. The van der Waals surface area contributed by atoms with Crippen molar-refractivity contribution in [2.45, 2.75) is 25.8 Å². The van der Waals surface area contributed by atoms with Crippen LogP contribution in [0.2, 0.25) is 4.34 Å². The van der Waals surface area contributed by atoms with Crippen molar-refractivity contribution in [2.24, 2.45) is 5.92 Å². The minimum Gasteiger partial charge on any atom is -0.380 e. The monoisotopic (exact) mass is 429 g/mol. The molecular weight excluding hydrogens is 415 g/mol. The Morgan fingerprint density at radius 1 is 1.43 bits per heavy atom. The molecule has 0 bridgehead atoms. The van der Waals surface area contributed by atoms with Crippen LogP contribution in [0.1, 0.15) is 27.2 Å². The largest absolute Gasteiger partial charge is 0.380 e. The van der Waals surface area contributed by atoms with Crippen molar-refractivity contribution in [3.63, 3.8) is 0 Å². The van der Waals surface area contributed by atoms with E-state index in [0.717, 1.165) is 30.0 Å². The summed E-state index contributed by atoms with van der Waals surface area (Å²) in [7, 11) is 0. The lowest BCUT2D eigenvalue weighted by molar-refractivity contribution is 0.0996. The predicted molar refractivity (Wildman–Crippen MR) is 99.8 cm³/mol. The van der Waals surface area contributed by atoms with Gasteiger partial charge in [-0.2, -0.15) is 0 Å². The number of hydrogen-bond donors (Lipinski definition) is 0. The molecule has 1 atom stereocenters. The molecule has 0 spiro atoms. The zero-order valence-electron chi connectivity index (χ0n) is 14.5. The summed E-state index contributed by atoms with van der Waals surface area (Å²) in [6, 6.07) is 2.45. The van der Waals surface area contributed by atoms with Crippen LogP contribution < -0.4 is 5.56 Å². The molecule has 2 aromatic rings. The van der Waals surface area contributed by atoms with Crippen LogP contribution in [0.5, 0.6) is 0 Å². The number of carbonyl (C=O) groups is 1. The van der Waals surface area contributed by atoms with Crippen molar-refractivity contribution in [1.29, 1.82) is 0 Å². The number of thiophene rings is 1. The average Bonchev–Trinajstić information content (AvgIpc) is 3.26. The van der Waals surface area contributed by atoms with E-state index >= 15 is 0 Å². The molecule has 28 heavy (non-hydrogen) atoms. The molecule has 0 aliphatic carbocycles. The van der Waals surface area contributed by atoms with Crippen LogP contribution in [0.15, 0.2) is 23.1 Å². The second-order valence-corrected chi connectivity index (χ2v) is 7.93. The van der Waals surface area contributed by atoms with Gasteiger partial charge >= 0.3 is 0 Å². The summed E-state index contributed by atoms with van der Waals surface area (Å²) in [6.45, 7) is 0.304. The molecule has 0 aromatic carbocycles. The van der Waals surface area contributed by atoms with E-state index in [1.54, 1.807) is 6.07 Å². The number of ether oxygens (including phenoxy) is 1. The molecule has 3 heterocycles. The highest BCUT2D eigenvalue weighted by molar-refractivity contribution is 7.18. The summed E-state index contributed by atoms with van der Waals surface area (Å²) in [5.41, 5.74) is -0.497. The van der Waals surface area contributed by atoms with Gasteiger partial charge in [0.2, 0.25) is 0 Å². The van der Waals surface area contributed by atoms with Gasteiger partial charge in [0.05, 0.1) is 23.6 Å². The Kier molecular flexibility index (Phi) is 6.60. The van der Waals surface area contributed by atoms with Gasteiger partial charge < -0.3 is 9.30 Å². The van der Waals surface area contributed by atoms with Gasteiger partial charge in [0.1, 0.15) is 4.34 Å². The fourth-order valence-electron chi connectivity index (χ4n) is 2.73. The second-order valence-electron chi connectivity index (χ2n) is 6.27. The molecule has 1 aliphatic heterocycles. The molecule has 0 N–H and O–H groups in total. The maximum absolute atomic E-state index is 13.7. The van der Waals surface area contributed by atoms with E-state index in [4.69, 9.17) is 16.3 Å². The number of Topliss-reactive ketones (excluding diaryl/α,β-unsaturated/α-hetero) is 1. The third-order valence-electron chi connectivity index (χ3n) is 4.10. The molecule has 9 heteroatoms.